The van der Waals surface area contributed by atoms with Crippen molar-refractivity contribution in [2.45, 2.75) is 49.0 Å². The molecule has 4 N–H and O–H groups in total. The predicted molar refractivity (Wildman–Crippen MR) is 118 cm³/mol. The number of carboxylic acids is 1. The molecule has 1 aromatic heterocycles. The van der Waals surface area contributed by atoms with Gasteiger partial charge in [-0.15, -0.1) is 0 Å². The van der Waals surface area contributed by atoms with Crippen molar-refractivity contribution in [3.8, 4) is 5.75 Å². The molecule has 190 valence electrons. The van der Waals surface area contributed by atoms with Crippen LogP contribution in [0.2, 0.25) is 5.02 Å². The molecule has 5 rings (SSSR count). The molecule has 2 aromatic carbocycles. The van der Waals surface area contributed by atoms with E-state index in [4.69, 9.17) is 25.8 Å². The SMILES string of the molecule is O=C(O)[C@H]1O[C@@H](Oc2ccc(Cl)c(C3OC3(Cn3cncn3)c3ccc(F)cc3)c2)[C@H](O)[C@@H](O)[C@@H]1O. The molecule has 3 aromatic rings. The van der Waals surface area contributed by atoms with E-state index in [1.807, 2.05) is 0 Å². The quantitative estimate of drug-likeness (QED) is 0.330. The molecular formula is C23H21ClFN3O8. The van der Waals surface area contributed by atoms with Gasteiger partial charge in [0.2, 0.25) is 6.29 Å². The second-order valence-corrected chi connectivity index (χ2v) is 8.93. The van der Waals surface area contributed by atoms with Crippen molar-refractivity contribution in [3.63, 3.8) is 0 Å². The van der Waals surface area contributed by atoms with Crippen LogP contribution in [0.4, 0.5) is 4.39 Å². The number of aromatic nitrogens is 3. The van der Waals surface area contributed by atoms with Crippen LogP contribution < -0.4 is 4.74 Å². The number of aliphatic hydroxyl groups excluding tert-OH is 3. The summed E-state index contributed by atoms with van der Waals surface area (Å²) in [6.45, 7) is 0.250. The minimum absolute atomic E-state index is 0.135. The van der Waals surface area contributed by atoms with Crippen LogP contribution >= 0.6 is 11.6 Å². The molecule has 3 heterocycles. The average Bonchev–Trinajstić information content (AvgIpc) is 3.33. The van der Waals surface area contributed by atoms with Crippen molar-refractivity contribution in [2.75, 3.05) is 0 Å². The van der Waals surface area contributed by atoms with Gasteiger partial charge in [-0.2, -0.15) is 5.10 Å². The van der Waals surface area contributed by atoms with Gasteiger partial charge in [-0.05, 0) is 35.9 Å². The molecule has 2 fully saturated rings. The Balaban J connectivity index is 1.43. The highest BCUT2D eigenvalue weighted by Gasteiger charge is 2.60. The number of rotatable bonds is 7. The molecule has 2 aliphatic rings. The minimum Gasteiger partial charge on any atom is -0.479 e. The molecule has 36 heavy (non-hydrogen) atoms. The Kier molecular flexibility index (Phi) is 6.41. The Morgan fingerprint density at radius 3 is 2.56 bits per heavy atom. The average molecular weight is 522 g/mol. The zero-order valence-corrected chi connectivity index (χ0v) is 19.1. The van der Waals surface area contributed by atoms with Gasteiger partial charge in [-0.25, -0.2) is 18.9 Å². The summed E-state index contributed by atoms with van der Waals surface area (Å²) in [6.07, 6.45) is -6.47. The highest BCUT2D eigenvalue weighted by molar-refractivity contribution is 6.31. The lowest BCUT2D eigenvalue weighted by atomic mass is 9.91. The van der Waals surface area contributed by atoms with E-state index in [1.165, 1.54) is 43.0 Å². The van der Waals surface area contributed by atoms with Crippen molar-refractivity contribution < 1.29 is 43.8 Å². The normalized spacial score (nSPS) is 31.7. The monoisotopic (exact) mass is 521 g/mol. The Labute approximate surface area is 208 Å². The Hall–Kier alpha value is -3.13. The first kappa shape index (κ1) is 24.6. The van der Waals surface area contributed by atoms with Crippen molar-refractivity contribution in [1.82, 2.24) is 14.8 Å². The molecule has 0 spiro atoms. The molecule has 0 aliphatic carbocycles. The van der Waals surface area contributed by atoms with Crippen molar-refractivity contribution in [3.05, 3.63) is 77.1 Å². The maximum absolute atomic E-state index is 13.6. The number of nitrogens with zero attached hydrogens (tertiary/aromatic N) is 3. The van der Waals surface area contributed by atoms with Gasteiger partial charge in [0.05, 0.1) is 6.54 Å². The van der Waals surface area contributed by atoms with Crippen LogP contribution in [0.25, 0.3) is 0 Å². The molecule has 0 saturated carbocycles. The minimum atomic E-state index is -1.84. The summed E-state index contributed by atoms with van der Waals surface area (Å²) in [5, 5.41) is 43.9. The van der Waals surface area contributed by atoms with Gasteiger partial charge >= 0.3 is 5.97 Å². The topological polar surface area (TPSA) is 160 Å². The zero-order valence-electron chi connectivity index (χ0n) is 18.4. The summed E-state index contributed by atoms with van der Waals surface area (Å²) in [4.78, 5) is 15.3. The molecule has 11 nitrogen and oxygen atoms in total. The maximum Gasteiger partial charge on any atom is 0.335 e. The molecule has 2 aliphatic heterocycles. The number of aliphatic carboxylic acids is 1. The molecule has 2 unspecified atom stereocenters. The Morgan fingerprint density at radius 1 is 1.14 bits per heavy atom. The van der Waals surface area contributed by atoms with E-state index >= 15 is 0 Å². The van der Waals surface area contributed by atoms with Gasteiger partial charge in [0.15, 0.2) is 6.10 Å². The highest BCUT2D eigenvalue weighted by Crippen LogP contribution is 2.59. The summed E-state index contributed by atoms with van der Waals surface area (Å²) in [7, 11) is 0. The summed E-state index contributed by atoms with van der Waals surface area (Å²) in [5.41, 5.74) is 0.234. The van der Waals surface area contributed by atoms with Crippen molar-refractivity contribution in [2.24, 2.45) is 0 Å². The number of ether oxygens (including phenoxy) is 3. The van der Waals surface area contributed by atoms with Gasteiger partial charge in [0, 0.05) is 10.6 Å². The van der Waals surface area contributed by atoms with E-state index in [1.54, 1.807) is 16.8 Å². The van der Waals surface area contributed by atoms with Crippen molar-refractivity contribution in [1.29, 1.82) is 0 Å². The van der Waals surface area contributed by atoms with E-state index < -0.39 is 54.2 Å². The van der Waals surface area contributed by atoms with Gasteiger partial charge in [0.1, 0.15) is 54.2 Å². The number of benzene rings is 2. The number of halogens is 2. The van der Waals surface area contributed by atoms with E-state index in [0.717, 1.165) is 0 Å². The predicted octanol–water partition coefficient (Wildman–Crippen LogP) is 1.01. The van der Waals surface area contributed by atoms with E-state index in [2.05, 4.69) is 10.1 Å². The number of hydrogen-bond donors (Lipinski definition) is 4. The smallest absolute Gasteiger partial charge is 0.335 e. The molecular weight excluding hydrogens is 501 g/mol. The Bertz CT molecular complexity index is 1250. The van der Waals surface area contributed by atoms with E-state index in [9.17, 15) is 29.6 Å². The fourth-order valence-corrected chi connectivity index (χ4v) is 4.51. The molecule has 13 heteroatoms. The lowest BCUT2D eigenvalue weighted by Crippen LogP contribution is -2.61. The van der Waals surface area contributed by atoms with E-state index in [-0.39, 0.29) is 12.3 Å². The lowest BCUT2D eigenvalue weighted by molar-refractivity contribution is -0.271. The third kappa shape index (κ3) is 4.43. The van der Waals surface area contributed by atoms with Crippen LogP contribution in [0.3, 0.4) is 0 Å². The number of aliphatic hydroxyl groups is 3. The first-order valence-corrected chi connectivity index (χ1v) is 11.2. The van der Waals surface area contributed by atoms with Gasteiger partial charge in [0.25, 0.3) is 0 Å². The van der Waals surface area contributed by atoms with Gasteiger partial charge < -0.3 is 34.6 Å². The molecule has 2 saturated heterocycles. The van der Waals surface area contributed by atoms with Gasteiger partial charge in [-0.1, -0.05) is 23.7 Å². The number of carboxylic acid groups (broad SMARTS) is 1. The molecule has 7 atom stereocenters. The number of carbonyl (C=O) groups is 1. The molecule has 0 radical (unpaired) electrons. The first-order valence-electron chi connectivity index (χ1n) is 10.8. The molecule has 0 amide bonds. The standard InChI is InChI=1S/C23H21ClFN3O8/c24-15-6-5-13(34-22-18(31)16(29)17(30)19(35-22)21(32)33)7-14(15)20-23(36-20,8-28-10-26-9-27-28)11-1-3-12(25)4-2-11/h1-7,9-10,16-20,22,29-31H,8H2,(H,32,33)/t16-,17-,18+,19-,20?,22+,23?/m0/s1. The largest absolute Gasteiger partial charge is 0.479 e. The van der Waals surface area contributed by atoms with Crippen molar-refractivity contribution >= 4 is 17.6 Å². The summed E-state index contributed by atoms with van der Waals surface area (Å²) in [6, 6.07) is 10.4. The fraction of sp³-hybridized carbons (Fsp3) is 0.348. The number of epoxide rings is 1. The van der Waals surface area contributed by atoms with Crippen LogP contribution in [-0.2, 0) is 26.4 Å². The third-order valence-electron chi connectivity index (χ3n) is 6.21. The second kappa shape index (κ2) is 9.39. The van der Waals surface area contributed by atoms with E-state index in [0.29, 0.717) is 16.1 Å². The fourth-order valence-electron chi connectivity index (χ4n) is 4.29. The second-order valence-electron chi connectivity index (χ2n) is 8.52. The highest BCUT2D eigenvalue weighted by atomic mass is 35.5. The van der Waals surface area contributed by atoms with Crippen LogP contribution in [0.5, 0.6) is 5.75 Å². The summed E-state index contributed by atoms with van der Waals surface area (Å²) < 4.78 is 32.1. The summed E-state index contributed by atoms with van der Waals surface area (Å²) in [5.74, 6) is -1.80. The number of hydrogen-bond acceptors (Lipinski definition) is 9. The van der Waals surface area contributed by atoms with Crippen LogP contribution in [0.1, 0.15) is 17.2 Å². The lowest BCUT2D eigenvalue weighted by Gasteiger charge is -2.38. The first-order chi connectivity index (χ1) is 17.2. The zero-order chi connectivity index (χ0) is 25.6. The maximum atomic E-state index is 13.6. The van der Waals surface area contributed by atoms with Crippen LogP contribution in [0.15, 0.2) is 55.1 Å². The van der Waals surface area contributed by atoms with Crippen LogP contribution in [-0.4, -0.2) is 71.9 Å². The summed E-state index contributed by atoms with van der Waals surface area (Å²) >= 11 is 6.47. The molecule has 0 bridgehead atoms. The van der Waals surface area contributed by atoms with Gasteiger partial charge in [-0.3, -0.25) is 0 Å². The Morgan fingerprint density at radius 2 is 1.89 bits per heavy atom. The third-order valence-corrected chi connectivity index (χ3v) is 6.55. The van der Waals surface area contributed by atoms with Crippen LogP contribution in [0, 0.1) is 5.82 Å².